The summed E-state index contributed by atoms with van der Waals surface area (Å²) in [4.78, 5) is 12.1. The normalized spacial score (nSPS) is 13.3. The van der Waals surface area contributed by atoms with Crippen LogP contribution >= 0.6 is 0 Å². The highest BCUT2D eigenvalue weighted by atomic mass is 16.3. The van der Waals surface area contributed by atoms with E-state index in [1.807, 2.05) is 19.1 Å². The third-order valence-corrected chi connectivity index (χ3v) is 2.41. The van der Waals surface area contributed by atoms with Crippen LogP contribution in [0.2, 0.25) is 0 Å². The van der Waals surface area contributed by atoms with Gasteiger partial charge in [0.05, 0.1) is 10.6 Å². The summed E-state index contributed by atoms with van der Waals surface area (Å²) in [6.07, 6.45) is 5.05. The van der Waals surface area contributed by atoms with E-state index in [0.717, 1.165) is 0 Å². The predicted octanol–water partition coefficient (Wildman–Crippen LogP) is 1.56. The number of allylic oxidation sites excluding steroid dienone is 1. The highest BCUT2D eigenvalue weighted by Gasteiger charge is 2.01. The second-order valence-electron chi connectivity index (χ2n) is 3.40. The summed E-state index contributed by atoms with van der Waals surface area (Å²) in [6, 6.07) is 7.23. The summed E-state index contributed by atoms with van der Waals surface area (Å²) in [6.45, 7) is 5.44. The van der Waals surface area contributed by atoms with E-state index in [9.17, 15) is 4.79 Å². The first kappa shape index (κ1) is 10.4. The molecule has 0 saturated carbocycles. The summed E-state index contributed by atoms with van der Waals surface area (Å²) in [5, 5.41) is 1.15. The first-order valence-electron chi connectivity index (χ1n) is 5.09. The molecule has 1 heterocycles. The molecule has 0 aliphatic rings. The fraction of sp³-hybridized carbons (Fsp3) is 0.0714. The van der Waals surface area contributed by atoms with Crippen molar-refractivity contribution in [1.82, 2.24) is 0 Å². The van der Waals surface area contributed by atoms with Crippen LogP contribution in [0.3, 0.4) is 0 Å². The van der Waals surface area contributed by atoms with Crippen LogP contribution in [0.1, 0.15) is 6.92 Å². The number of hydrogen-bond acceptors (Lipinski definition) is 2. The van der Waals surface area contributed by atoms with Crippen molar-refractivity contribution < 1.29 is 4.42 Å². The average molecular weight is 212 g/mol. The molecule has 0 saturated heterocycles. The van der Waals surface area contributed by atoms with Crippen molar-refractivity contribution in [2.75, 3.05) is 0 Å². The van der Waals surface area contributed by atoms with Crippen LogP contribution in [-0.4, -0.2) is 0 Å². The van der Waals surface area contributed by atoms with Crippen molar-refractivity contribution in [2.24, 2.45) is 0 Å². The Morgan fingerprint density at radius 2 is 2.06 bits per heavy atom. The highest BCUT2D eigenvalue weighted by Crippen LogP contribution is 2.04. The van der Waals surface area contributed by atoms with Crippen LogP contribution in [0.4, 0.5) is 0 Å². The van der Waals surface area contributed by atoms with E-state index in [0.29, 0.717) is 21.6 Å². The molecule has 0 aliphatic heterocycles. The van der Waals surface area contributed by atoms with Gasteiger partial charge in [-0.05, 0) is 31.2 Å². The van der Waals surface area contributed by atoms with Crippen molar-refractivity contribution in [3.8, 4) is 0 Å². The maximum absolute atomic E-state index is 12.1. The number of rotatable bonds is 1. The molecule has 2 heteroatoms. The lowest BCUT2D eigenvalue weighted by molar-refractivity contribution is 0.558. The van der Waals surface area contributed by atoms with Crippen LogP contribution in [-0.2, 0) is 0 Å². The zero-order chi connectivity index (χ0) is 11.5. The fourth-order valence-electron chi connectivity index (χ4n) is 1.66. The SMILES string of the molecule is C=C/C=c1/c(=O)c2ccccc2o/c1=C/C. The van der Waals surface area contributed by atoms with Gasteiger partial charge in [-0.15, -0.1) is 0 Å². The molecule has 0 fully saturated rings. The van der Waals surface area contributed by atoms with Crippen LogP contribution < -0.4 is 16.1 Å². The maximum Gasteiger partial charge on any atom is 0.200 e. The van der Waals surface area contributed by atoms with E-state index < -0.39 is 0 Å². The Morgan fingerprint density at radius 1 is 1.31 bits per heavy atom. The van der Waals surface area contributed by atoms with Gasteiger partial charge in [0, 0.05) is 0 Å². The molecule has 0 unspecified atom stereocenters. The lowest BCUT2D eigenvalue weighted by Gasteiger charge is -1.96. The van der Waals surface area contributed by atoms with Crippen LogP contribution in [0.5, 0.6) is 0 Å². The fourth-order valence-corrected chi connectivity index (χ4v) is 1.66. The Morgan fingerprint density at radius 3 is 2.75 bits per heavy atom. The minimum atomic E-state index is -0.0187. The monoisotopic (exact) mass is 212 g/mol. The van der Waals surface area contributed by atoms with Crippen LogP contribution in [0.15, 0.2) is 46.1 Å². The summed E-state index contributed by atoms with van der Waals surface area (Å²) in [7, 11) is 0. The summed E-state index contributed by atoms with van der Waals surface area (Å²) >= 11 is 0. The summed E-state index contributed by atoms with van der Waals surface area (Å²) < 4.78 is 5.64. The van der Waals surface area contributed by atoms with Gasteiger partial charge in [-0.25, -0.2) is 0 Å². The van der Waals surface area contributed by atoms with Crippen molar-refractivity contribution in [3.63, 3.8) is 0 Å². The quantitative estimate of drug-likeness (QED) is 0.718. The molecular weight excluding hydrogens is 200 g/mol. The summed E-state index contributed by atoms with van der Waals surface area (Å²) in [5.74, 6) is 0. The third-order valence-electron chi connectivity index (χ3n) is 2.41. The van der Waals surface area contributed by atoms with Gasteiger partial charge >= 0.3 is 0 Å². The van der Waals surface area contributed by atoms with E-state index in [2.05, 4.69) is 6.58 Å². The highest BCUT2D eigenvalue weighted by molar-refractivity contribution is 5.76. The van der Waals surface area contributed by atoms with Crippen molar-refractivity contribution in [3.05, 3.63) is 57.8 Å². The van der Waals surface area contributed by atoms with Gasteiger partial charge < -0.3 is 4.42 Å². The number of hydrogen-bond donors (Lipinski definition) is 0. The first-order chi connectivity index (χ1) is 7.77. The first-order valence-corrected chi connectivity index (χ1v) is 5.09. The van der Waals surface area contributed by atoms with Crippen LogP contribution in [0, 0.1) is 0 Å². The Bertz CT molecular complexity index is 706. The Hall–Kier alpha value is -2.09. The van der Waals surface area contributed by atoms with Gasteiger partial charge in [-0.1, -0.05) is 24.8 Å². The van der Waals surface area contributed by atoms with E-state index in [-0.39, 0.29) is 5.43 Å². The minimum Gasteiger partial charge on any atom is -0.456 e. The predicted molar refractivity (Wildman–Crippen MR) is 66.5 cm³/mol. The molecule has 2 rings (SSSR count). The Kier molecular flexibility index (Phi) is 2.73. The number of para-hydroxylation sites is 1. The summed E-state index contributed by atoms with van der Waals surface area (Å²) in [5.41, 5.74) is 1.18. The molecule has 0 radical (unpaired) electrons. The van der Waals surface area contributed by atoms with Gasteiger partial charge in [0.1, 0.15) is 11.0 Å². The molecule has 0 bridgehead atoms. The topological polar surface area (TPSA) is 30.2 Å². The molecule has 80 valence electrons. The lowest BCUT2D eigenvalue weighted by Crippen LogP contribution is -2.38. The number of fused-ring (bicyclic) bond motifs is 1. The molecule has 0 aliphatic carbocycles. The molecule has 0 spiro atoms. The lowest BCUT2D eigenvalue weighted by atomic mass is 10.2. The van der Waals surface area contributed by atoms with Gasteiger partial charge in [0.15, 0.2) is 0 Å². The Labute approximate surface area is 92.8 Å². The van der Waals surface area contributed by atoms with Crippen molar-refractivity contribution in [1.29, 1.82) is 0 Å². The minimum absolute atomic E-state index is 0.0187. The van der Waals surface area contributed by atoms with Crippen molar-refractivity contribution >= 4 is 23.1 Å². The zero-order valence-corrected chi connectivity index (χ0v) is 9.07. The van der Waals surface area contributed by atoms with E-state index >= 15 is 0 Å². The average Bonchev–Trinajstić information content (AvgIpc) is 2.33. The molecule has 0 amide bonds. The smallest absolute Gasteiger partial charge is 0.200 e. The van der Waals surface area contributed by atoms with Gasteiger partial charge in [-0.2, -0.15) is 0 Å². The largest absolute Gasteiger partial charge is 0.456 e. The molecule has 1 aromatic carbocycles. The van der Waals surface area contributed by atoms with Gasteiger partial charge in [-0.3, -0.25) is 4.79 Å². The number of benzene rings is 1. The second kappa shape index (κ2) is 4.19. The molecule has 0 atom stereocenters. The van der Waals surface area contributed by atoms with Crippen LogP contribution in [0.25, 0.3) is 23.1 Å². The molecule has 0 N–H and O–H groups in total. The zero-order valence-electron chi connectivity index (χ0n) is 9.07. The standard InChI is InChI=1S/C14H12O2/c1-3-7-10-12(4-2)16-13-9-6-5-8-11(13)14(10)15/h3-9H,1H2,2H3/b10-7+,12-4+. The van der Waals surface area contributed by atoms with E-state index in [4.69, 9.17) is 4.42 Å². The molecule has 16 heavy (non-hydrogen) atoms. The third kappa shape index (κ3) is 1.58. The Balaban J connectivity index is 3.13. The van der Waals surface area contributed by atoms with Gasteiger partial charge in [0.25, 0.3) is 0 Å². The molecule has 2 nitrogen and oxygen atoms in total. The van der Waals surface area contributed by atoms with E-state index in [1.165, 1.54) is 0 Å². The molecule has 1 aromatic heterocycles. The molecular formula is C14H12O2. The maximum atomic E-state index is 12.1. The van der Waals surface area contributed by atoms with E-state index in [1.54, 1.807) is 30.4 Å². The van der Waals surface area contributed by atoms with Gasteiger partial charge in [0.2, 0.25) is 5.43 Å². The molecule has 2 aromatic rings. The second-order valence-corrected chi connectivity index (χ2v) is 3.40. The van der Waals surface area contributed by atoms with Crippen molar-refractivity contribution in [2.45, 2.75) is 6.92 Å².